The predicted molar refractivity (Wildman–Crippen MR) is 37.6 cm³/mol. The Kier molecular flexibility index (Phi) is 1.23. The first-order valence-corrected chi connectivity index (χ1v) is 3.77. The Morgan fingerprint density at radius 2 is 2.11 bits per heavy atom. The van der Waals surface area contributed by atoms with Crippen LogP contribution in [0, 0.1) is 23.7 Å². The maximum atomic E-state index is 3.18. The first-order chi connectivity index (χ1) is 4.47. The van der Waals surface area contributed by atoms with Gasteiger partial charge in [-0.25, -0.2) is 0 Å². The van der Waals surface area contributed by atoms with Crippen LogP contribution >= 0.6 is 0 Å². The minimum Gasteiger partial charge on any atom is -0.103 e. The fourth-order valence-electron chi connectivity index (χ4n) is 1.52. The van der Waals surface area contributed by atoms with Crippen LogP contribution in [0.2, 0.25) is 0 Å². The van der Waals surface area contributed by atoms with Gasteiger partial charge in [0, 0.05) is 12.8 Å². The fraction of sp³-hybridized carbons (Fsp3) is 0.667. The minimum absolute atomic E-state index is 1.000. The molecule has 47 valence electrons. The van der Waals surface area contributed by atoms with Crippen LogP contribution in [0.25, 0.3) is 0 Å². The van der Waals surface area contributed by atoms with Gasteiger partial charge in [-0.15, -0.1) is 11.8 Å². The first kappa shape index (κ1) is 5.35. The van der Waals surface area contributed by atoms with Crippen molar-refractivity contribution in [3.8, 4) is 11.8 Å². The van der Waals surface area contributed by atoms with Gasteiger partial charge in [-0.2, -0.15) is 0 Å². The zero-order valence-electron chi connectivity index (χ0n) is 5.61. The summed E-state index contributed by atoms with van der Waals surface area (Å²) in [6.07, 6.45) is 6.35. The van der Waals surface area contributed by atoms with E-state index in [-0.39, 0.29) is 0 Å². The Morgan fingerprint density at radius 3 is 3.11 bits per heavy atom. The Hall–Kier alpha value is -0.440. The summed E-state index contributed by atoms with van der Waals surface area (Å²) in [5.41, 5.74) is 0. The molecule has 2 rings (SSSR count). The van der Waals surface area contributed by atoms with Gasteiger partial charge < -0.3 is 0 Å². The number of hydrogen-bond donors (Lipinski definition) is 0. The van der Waals surface area contributed by atoms with Crippen molar-refractivity contribution in [2.75, 3.05) is 0 Å². The molecule has 0 heteroatoms. The molecule has 0 spiro atoms. The lowest BCUT2D eigenvalue weighted by molar-refractivity contribution is 0.732. The van der Waals surface area contributed by atoms with E-state index in [1.54, 1.807) is 5.92 Å². The molecule has 0 aromatic heterocycles. The summed E-state index contributed by atoms with van der Waals surface area (Å²) in [6, 6.07) is 0. The maximum Gasteiger partial charge on any atom is 0.00942 e. The zero-order chi connectivity index (χ0) is 6.10. The van der Waals surface area contributed by atoms with Crippen LogP contribution in [0.4, 0.5) is 0 Å². The highest BCUT2D eigenvalue weighted by molar-refractivity contribution is 5.18. The number of rotatable bonds is 0. The van der Waals surface area contributed by atoms with Crippen LogP contribution in [0.3, 0.4) is 0 Å². The Labute approximate surface area is 56.6 Å². The van der Waals surface area contributed by atoms with E-state index in [9.17, 15) is 0 Å². The van der Waals surface area contributed by atoms with E-state index in [0.717, 1.165) is 18.8 Å². The van der Waals surface area contributed by atoms with E-state index in [4.69, 9.17) is 0 Å². The van der Waals surface area contributed by atoms with Crippen LogP contribution in [0.1, 0.15) is 32.1 Å². The van der Waals surface area contributed by atoms with Crippen LogP contribution < -0.4 is 0 Å². The quantitative estimate of drug-likeness (QED) is 0.429. The van der Waals surface area contributed by atoms with E-state index in [1.807, 2.05) is 0 Å². The molecule has 1 radical (unpaired) electrons. The van der Waals surface area contributed by atoms with Gasteiger partial charge in [0.05, 0.1) is 0 Å². The first-order valence-electron chi connectivity index (χ1n) is 3.77. The van der Waals surface area contributed by atoms with Gasteiger partial charge in [0.2, 0.25) is 0 Å². The molecular weight excluding hydrogens is 108 g/mol. The van der Waals surface area contributed by atoms with Crippen LogP contribution in [-0.4, -0.2) is 0 Å². The van der Waals surface area contributed by atoms with E-state index < -0.39 is 0 Å². The second-order valence-corrected chi connectivity index (χ2v) is 2.95. The smallest absolute Gasteiger partial charge is 0.00942 e. The van der Waals surface area contributed by atoms with Crippen molar-refractivity contribution < 1.29 is 0 Å². The molecular formula is C9H11. The van der Waals surface area contributed by atoms with Gasteiger partial charge in [0.15, 0.2) is 0 Å². The maximum absolute atomic E-state index is 3.18. The normalized spacial score (nSPS) is 33.1. The van der Waals surface area contributed by atoms with Crippen molar-refractivity contribution in [1.82, 2.24) is 0 Å². The highest BCUT2D eigenvalue weighted by Crippen LogP contribution is 2.47. The second kappa shape index (κ2) is 2.06. The molecule has 1 unspecified atom stereocenters. The molecule has 1 atom stereocenters. The van der Waals surface area contributed by atoms with Crippen molar-refractivity contribution in [3.63, 3.8) is 0 Å². The summed E-state index contributed by atoms with van der Waals surface area (Å²) in [5.74, 6) is 9.15. The van der Waals surface area contributed by atoms with Crippen molar-refractivity contribution in [1.29, 1.82) is 0 Å². The van der Waals surface area contributed by atoms with Crippen molar-refractivity contribution in [3.05, 3.63) is 5.92 Å². The number of hydrogen-bond acceptors (Lipinski definition) is 0. The minimum atomic E-state index is 1.000. The molecule has 1 saturated carbocycles. The van der Waals surface area contributed by atoms with Crippen molar-refractivity contribution in [2.45, 2.75) is 32.1 Å². The molecule has 1 fully saturated rings. The summed E-state index contributed by atoms with van der Waals surface area (Å²) in [6.45, 7) is 0. The predicted octanol–water partition coefficient (Wildman–Crippen LogP) is 2.16. The lowest BCUT2D eigenvalue weighted by atomic mass is 10.1. The molecule has 2 aliphatic carbocycles. The van der Waals surface area contributed by atoms with Crippen molar-refractivity contribution in [2.24, 2.45) is 5.92 Å². The van der Waals surface area contributed by atoms with E-state index >= 15 is 0 Å². The lowest BCUT2D eigenvalue weighted by Gasteiger charge is -1.96. The Morgan fingerprint density at radius 1 is 1.22 bits per heavy atom. The summed E-state index contributed by atoms with van der Waals surface area (Å²) in [7, 11) is 0. The van der Waals surface area contributed by atoms with Gasteiger partial charge >= 0.3 is 0 Å². The van der Waals surface area contributed by atoms with Crippen LogP contribution in [0.15, 0.2) is 0 Å². The second-order valence-electron chi connectivity index (χ2n) is 2.95. The van der Waals surface area contributed by atoms with Gasteiger partial charge in [-0.3, -0.25) is 0 Å². The molecule has 0 bridgehead atoms. The third-order valence-corrected chi connectivity index (χ3v) is 2.24. The molecule has 0 N–H and O–H groups in total. The summed E-state index contributed by atoms with van der Waals surface area (Å²) in [5, 5.41) is 0. The van der Waals surface area contributed by atoms with Gasteiger partial charge in [-0.1, -0.05) is 0 Å². The molecule has 0 aromatic carbocycles. The number of fused-ring (bicyclic) bond motifs is 1. The standard InChI is InChI=1S/C9H11/c1-2-4-6-9-7-8(9)5-3-1/h8H,3-7H2. The average molecular weight is 119 g/mol. The van der Waals surface area contributed by atoms with E-state index in [2.05, 4.69) is 11.8 Å². The summed E-state index contributed by atoms with van der Waals surface area (Å²) in [4.78, 5) is 0. The zero-order valence-corrected chi connectivity index (χ0v) is 5.61. The highest BCUT2D eigenvalue weighted by Gasteiger charge is 2.36. The molecule has 2 aliphatic rings. The molecule has 0 nitrogen and oxygen atoms in total. The average Bonchev–Trinajstić information content (AvgIpc) is 2.46. The molecule has 0 aromatic rings. The summed E-state index contributed by atoms with van der Waals surface area (Å²) < 4.78 is 0. The Balaban J connectivity index is 1.95. The highest BCUT2D eigenvalue weighted by atomic mass is 14.4. The summed E-state index contributed by atoms with van der Waals surface area (Å²) >= 11 is 0. The van der Waals surface area contributed by atoms with E-state index in [0.29, 0.717) is 0 Å². The van der Waals surface area contributed by atoms with Gasteiger partial charge in [0.25, 0.3) is 0 Å². The van der Waals surface area contributed by atoms with Gasteiger partial charge in [-0.05, 0) is 31.1 Å². The fourth-order valence-corrected chi connectivity index (χ4v) is 1.52. The lowest BCUT2D eigenvalue weighted by Crippen LogP contribution is -1.84. The molecule has 0 amide bonds. The van der Waals surface area contributed by atoms with E-state index in [1.165, 1.54) is 19.3 Å². The van der Waals surface area contributed by atoms with Crippen LogP contribution in [0.5, 0.6) is 0 Å². The largest absolute Gasteiger partial charge is 0.103 e. The third-order valence-electron chi connectivity index (χ3n) is 2.24. The molecule has 9 heavy (non-hydrogen) atoms. The van der Waals surface area contributed by atoms with Crippen LogP contribution in [-0.2, 0) is 0 Å². The molecule has 0 aliphatic heterocycles. The SMILES string of the molecule is C1#CCCC2C[C]2CC1. The third kappa shape index (κ3) is 1.10. The Bertz CT molecular complexity index is 143. The molecule has 0 heterocycles. The van der Waals surface area contributed by atoms with Gasteiger partial charge in [0.1, 0.15) is 0 Å². The monoisotopic (exact) mass is 119 g/mol. The topological polar surface area (TPSA) is 0 Å². The van der Waals surface area contributed by atoms with Crippen molar-refractivity contribution >= 4 is 0 Å². The molecule has 0 saturated heterocycles.